The molecular weight excluding hydrogens is 274 g/mol. The summed E-state index contributed by atoms with van der Waals surface area (Å²) in [5, 5.41) is 0.586. The Balaban J connectivity index is 2.19. The van der Waals surface area contributed by atoms with Gasteiger partial charge in [0.25, 0.3) is 0 Å². The molecule has 0 spiro atoms. The van der Waals surface area contributed by atoms with E-state index < -0.39 is 11.6 Å². The number of fused-ring (bicyclic) bond motifs is 1. The number of rotatable bonds is 2. The molecule has 3 nitrogen and oxygen atoms in total. The number of aromatic nitrogens is 1. The van der Waals surface area contributed by atoms with Crippen LogP contribution < -0.4 is 10.5 Å². The maximum absolute atomic E-state index is 14.2. The average molecular weight is 286 g/mol. The van der Waals surface area contributed by atoms with E-state index in [1.165, 1.54) is 24.4 Å². The van der Waals surface area contributed by atoms with Crippen molar-refractivity contribution in [2.24, 2.45) is 0 Å². The fraction of sp³-hybridized carbons (Fsp3) is 0.0625. The van der Waals surface area contributed by atoms with Crippen molar-refractivity contribution in [2.75, 3.05) is 5.73 Å². The van der Waals surface area contributed by atoms with Crippen molar-refractivity contribution in [3.05, 3.63) is 59.8 Å². The molecule has 1 heterocycles. The molecule has 0 atom stereocenters. The lowest BCUT2D eigenvalue weighted by Crippen LogP contribution is -1.97. The van der Waals surface area contributed by atoms with Crippen LogP contribution in [0.1, 0.15) is 5.56 Å². The van der Waals surface area contributed by atoms with Crippen LogP contribution in [0.3, 0.4) is 0 Å². The van der Waals surface area contributed by atoms with Crippen molar-refractivity contribution in [3.63, 3.8) is 0 Å². The molecule has 106 valence electrons. The van der Waals surface area contributed by atoms with Gasteiger partial charge in [-0.1, -0.05) is 6.07 Å². The highest BCUT2D eigenvalue weighted by molar-refractivity contribution is 5.94. The molecule has 2 aromatic carbocycles. The van der Waals surface area contributed by atoms with E-state index >= 15 is 0 Å². The molecule has 0 radical (unpaired) electrons. The van der Waals surface area contributed by atoms with Gasteiger partial charge in [0.15, 0.2) is 11.6 Å². The van der Waals surface area contributed by atoms with Crippen molar-refractivity contribution in [3.8, 4) is 11.5 Å². The van der Waals surface area contributed by atoms with Gasteiger partial charge in [-0.2, -0.15) is 0 Å². The van der Waals surface area contributed by atoms with Crippen LogP contribution >= 0.6 is 0 Å². The summed E-state index contributed by atoms with van der Waals surface area (Å²) in [4.78, 5) is 4.11. The van der Waals surface area contributed by atoms with Gasteiger partial charge in [-0.05, 0) is 30.7 Å². The Labute approximate surface area is 120 Å². The first-order valence-electron chi connectivity index (χ1n) is 6.33. The van der Waals surface area contributed by atoms with Crippen LogP contribution in [0.25, 0.3) is 10.9 Å². The second-order valence-electron chi connectivity index (χ2n) is 4.69. The van der Waals surface area contributed by atoms with Gasteiger partial charge in [-0.25, -0.2) is 8.78 Å². The lowest BCUT2D eigenvalue weighted by Gasteiger charge is -2.12. The molecule has 0 aliphatic heterocycles. The Morgan fingerprint density at radius 2 is 1.95 bits per heavy atom. The Bertz CT molecular complexity index is 834. The predicted molar refractivity (Wildman–Crippen MR) is 77.3 cm³/mol. The summed E-state index contributed by atoms with van der Waals surface area (Å²) in [6.07, 6.45) is 1.52. The lowest BCUT2D eigenvalue weighted by atomic mass is 10.1. The minimum Gasteiger partial charge on any atom is -0.452 e. The molecule has 0 fully saturated rings. The molecule has 2 N–H and O–H groups in total. The summed E-state index contributed by atoms with van der Waals surface area (Å²) in [6.45, 7) is 1.75. The monoisotopic (exact) mass is 286 g/mol. The highest BCUT2D eigenvalue weighted by atomic mass is 19.1. The first kappa shape index (κ1) is 13.3. The largest absolute Gasteiger partial charge is 0.452 e. The zero-order chi connectivity index (χ0) is 15.0. The molecule has 0 unspecified atom stereocenters. The summed E-state index contributed by atoms with van der Waals surface area (Å²) in [7, 11) is 0. The fourth-order valence-corrected chi connectivity index (χ4v) is 2.10. The Kier molecular flexibility index (Phi) is 3.17. The Morgan fingerprint density at radius 3 is 2.76 bits per heavy atom. The van der Waals surface area contributed by atoms with Crippen LogP contribution in [0.5, 0.6) is 11.5 Å². The number of benzene rings is 2. The molecule has 1 aromatic heterocycles. The third-order valence-electron chi connectivity index (χ3n) is 3.20. The highest BCUT2D eigenvalue weighted by Gasteiger charge is 2.15. The lowest BCUT2D eigenvalue weighted by molar-refractivity contribution is 0.441. The van der Waals surface area contributed by atoms with E-state index in [2.05, 4.69) is 4.98 Å². The maximum atomic E-state index is 14.2. The molecule has 3 rings (SSSR count). The van der Waals surface area contributed by atoms with Gasteiger partial charge >= 0.3 is 0 Å². The van der Waals surface area contributed by atoms with E-state index in [1.807, 2.05) is 0 Å². The molecule has 0 saturated carbocycles. The molecule has 0 saturated heterocycles. The second kappa shape index (κ2) is 5.01. The summed E-state index contributed by atoms with van der Waals surface area (Å²) in [6, 6.07) is 8.69. The van der Waals surface area contributed by atoms with Crippen LogP contribution in [-0.2, 0) is 0 Å². The predicted octanol–water partition coefficient (Wildman–Crippen LogP) is 4.20. The molecule has 0 amide bonds. The van der Waals surface area contributed by atoms with E-state index in [-0.39, 0.29) is 17.2 Å². The number of ether oxygens (including phenoxy) is 1. The van der Waals surface area contributed by atoms with Gasteiger partial charge < -0.3 is 10.5 Å². The van der Waals surface area contributed by atoms with E-state index in [4.69, 9.17) is 10.5 Å². The highest BCUT2D eigenvalue weighted by Crippen LogP contribution is 2.35. The smallest absolute Gasteiger partial charge is 0.189 e. The zero-order valence-corrected chi connectivity index (χ0v) is 11.2. The molecule has 5 heteroatoms. The summed E-state index contributed by atoms with van der Waals surface area (Å²) in [5.74, 6) is -0.912. The quantitative estimate of drug-likeness (QED) is 0.718. The van der Waals surface area contributed by atoms with Crippen LogP contribution in [-0.4, -0.2) is 4.98 Å². The number of halogens is 2. The van der Waals surface area contributed by atoms with Crippen molar-refractivity contribution in [1.82, 2.24) is 4.98 Å². The fourth-order valence-electron chi connectivity index (χ4n) is 2.10. The molecule has 21 heavy (non-hydrogen) atoms. The topological polar surface area (TPSA) is 48.1 Å². The zero-order valence-electron chi connectivity index (χ0n) is 11.2. The van der Waals surface area contributed by atoms with Crippen LogP contribution in [0.15, 0.2) is 42.6 Å². The summed E-state index contributed by atoms with van der Waals surface area (Å²) < 4.78 is 33.0. The van der Waals surface area contributed by atoms with Gasteiger partial charge in [0.2, 0.25) is 0 Å². The number of nitrogens with zero attached hydrogens (tertiary/aromatic N) is 1. The Hall–Kier alpha value is -2.69. The van der Waals surface area contributed by atoms with E-state index in [0.717, 1.165) is 0 Å². The molecule has 3 aromatic rings. The van der Waals surface area contributed by atoms with Crippen LogP contribution in [0.2, 0.25) is 0 Å². The Morgan fingerprint density at radius 1 is 1.14 bits per heavy atom. The van der Waals surface area contributed by atoms with E-state index in [1.54, 1.807) is 25.1 Å². The van der Waals surface area contributed by atoms with Gasteiger partial charge in [0, 0.05) is 29.4 Å². The SMILES string of the molecule is Cc1ccc(F)cc1Oc1c(F)cc(N)c2cccnc12. The number of nitrogen functional groups attached to an aromatic ring is 1. The van der Waals surface area contributed by atoms with Crippen molar-refractivity contribution >= 4 is 16.6 Å². The number of anilines is 1. The normalized spacial score (nSPS) is 10.8. The number of hydrogen-bond donors (Lipinski definition) is 1. The number of pyridine rings is 1. The molecule has 0 bridgehead atoms. The van der Waals surface area contributed by atoms with Crippen LogP contribution in [0, 0.1) is 18.6 Å². The number of aryl methyl sites for hydroxylation is 1. The first-order valence-corrected chi connectivity index (χ1v) is 6.33. The van der Waals surface area contributed by atoms with Gasteiger partial charge in [0.1, 0.15) is 17.1 Å². The first-order chi connectivity index (χ1) is 10.1. The van der Waals surface area contributed by atoms with Crippen molar-refractivity contribution in [2.45, 2.75) is 6.92 Å². The van der Waals surface area contributed by atoms with Gasteiger partial charge in [-0.15, -0.1) is 0 Å². The minimum atomic E-state index is -0.637. The van der Waals surface area contributed by atoms with Gasteiger partial charge in [0.05, 0.1) is 0 Å². The third-order valence-corrected chi connectivity index (χ3v) is 3.20. The summed E-state index contributed by atoms with van der Waals surface area (Å²) >= 11 is 0. The standard InChI is InChI=1S/C16H12F2N2O/c1-9-4-5-10(17)7-14(9)21-16-12(18)8-13(19)11-3-2-6-20-15(11)16/h2-8H,19H2,1H3. The van der Waals surface area contributed by atoms with Crippen molar-refractivity contribution in [1.29, 1.82) is 0 Å². The number of nitrogens with two attached hydrogens (primary N) is 1. The summed E-state index contributed by atoms with van der Waals surface area (Å²) in [5.41, 5.74) is 7.05. The minimum absolute atomic E-state index is 0.0616. The number of hydrogen-bond acceptors (Lipinski definition) is 3. The average Bonchev–Trinajstić information content (AvgIpc) is 2.47. The molecule has 0 aliphatic carbocycles. The maximum Gasteiger partial charge on any atom is 0.189 e. The van der Waals surface area contributed by atoms with Crippen molar-refractivity contribution < 1.29 is 13.5 Å². The third kappa shape index (κ3) is 2.38. The van der Waals surface area contributed by atoms with E-state index in [9.17, 15) is 8.78 Å². The second-order valence-corrected chi connectivity index (χ2v) is 4.69. The molecular formula is C16H12F2N2O. The van der Waals surface area contributed by atoms with E-state index in [0.29, 0.717) is 16.5 Å². The van der Waals surface area contributed by atoms with Crippen LogP contribution in [0.4, 0.5) is 14.5 Å². The molecule has 0 aliphatic rings. The van der Waals surface area contributed by atoms with Gasteiger partial charge in [-0.3, -0.25) is 4.98 Å².